The van der Waals surface area contributed by atoms with Crippen molar-refractivity contribution in [3.63, 3.8) is 0 Å². The molecule has 1 aromatic carbocycles. The summed E-state index contributed by atoms with van der Waals surface area (Å²) >= 11 is 0. The van der Waals surface area contributed by atoms with Crippen LogP contribution in [0.2, 0.25) is 0 Å². The topological polar surface area (TPSA) is 54.4 Å². The zero-order valence-electron chi connectivity index (χ0n) is 13.6. The van der Waals surface area contributed by atoms with E-state index in [2.05, 4.69) is 13.8 Å². The lowest BCUT2D eigenvalue weighted by Gasteiger charge is -2.07. The van der Waals surface area contributed by atoms with Gasteiger partial charge < -0.3 is 5.11 Å². The summed E-state index contributed by atoms with van der Waals surface area (Å²) in [4.78, 5) is 23.7. The van der Waals surface area contributed by atoms with Crippen molar-refractivity contribution in [2.24, 2.45) is 5.92 Å². The van der Waals surface area contributed by atoms with Crippen molar-refractivity contribution in [3.05, 3.63) is 70.8 Å². The van der Waals surface area contributed by atoms with E-state index in [9.17, 15) is 14.7 Å². The lowest BCUT2D eigenvalue weighted by molar-refractivity contribution is -0.132. The Labute approximate surface area is 137 Å². The summed E-state index contributed by atoms with van der Waals surface area (Å²) in [7, 11) is 0. The number of ketones is 1. The Bertz CT molecular complexity index is 673. The van der Waals surface area contributed by atoms with Crippen LogP contribution < -0.4 is 0 Å². The van der Waals surface area contributed by atoms with Gasteiger partial charge in [0.2, 0.25) is 0 Å². The molecule has 23 heavy (non-hydrogen) atoms. The molecular formula is C20H22O3. The summed E-state index contributed by atoms with van der Waals surface area (Å²) in [6.45, 7) is 4.30. The predicted octanol–water partition coefficient (Wildman–Crippen LogP) is 4.36. The molecule has 0 amide bonds. The third-order valence-corrected chi connectivity index (χ3v) is 3.71. The van der Waals surface area contributed by atoms with E-state index in [-0.39, 0.29) is 17.8 Å². The average Bonchev–Trinajstić information content (AvgIpc) is 2.99. The molecule has 0 saturated carbocycles. The number of carboxylic acid groups (broad SMARTS) is 1. The first-order chi connectivity index (χ1) is 11.0. The molecule has 2 rings (SSSR count). The molecule has 0 heterocycles. The highest BCUT2D eigenvalue weighted by Gasteiger charge is 2.15. The molecule has 3 heteroatoms. The third-order valence-electron chi connectivity index (χ3n) is 3.71. The van der Waals surface area contributed by atoms with E-state index in [1.807, 2.05) is 30.4 Å². The highest BCUT2D eigenvalue weighted by molar-refractivity contribution is 6.03. The van der Waals surface area contributed by atoms with Gasteiger partial charge in [0.15, 0.2) is 5.78 Å². The second-order valence-corrected chi connectivity index (χ2v) is 6.24. The van der Waals surface area contributed by atoms with Gasteiger partial charge in [-0.15, -0.1) is 0 Å². The first-order valence-corrected chi connectivity index (χ1v) is 7.87. The number of rotatable bonds is 7. The normalized spacial score (nSPS) is 14.2. The van der Waals surface area contributed by atoms with Gasteiger partial charge in [-0.1, -0.05) is 56.3 Å². The summed E-state index contributed by atoms with van der Waals surface area (Å²) < 4.78 is 0. The molecule has 3 nitrogen and oxygen atoms in total. The van der Waals surface area contributed by atoms with Crippen LogP contribution in [0, 0.1) is 5.92 Å². The van der Waals surface area contributed by atoms with Crippen LogP contribution in [-0.2, 0) is 11.2 Å². The molecule has 1 aliphatic carbocycles. The Morgan fingerprint density at radius 3 is 2.43 bits per heavy atom. The summed E-state index contributed by atoms with van der Waals surface area (Å²) in [6.07, 6.45) is 8.92. The minimum Gasteiger partial charge on any atom is -0.478 e. The van der Waals surface area contributed by atoms with E-state index in [0.717, 1.165) is 18.4 Å². The molecule has 120 valence electrons. The number of hydrogen-bond donors (Lipinski definition) is 1. The number of carbonyl (C=O) groups excluding carboxylic acids is 1. The van der Waals surface area contributed by atoms with Gasteiger partial charge in [0.05, 0.1) is 0 Å². The van der Waals surface area contributed by atoms with Crippen LogP contribution in [0.1, 0.15) is 42.6 Å². The molecule has 0 fully saturated rings. The van der Waals surface area contributed by atoms with Gasteiger partial charge in [-0.2, -0.15) is 0 Å². The van der Waals surface area contributed by atoms with E-state index < -0.39 is 5.97 Å². The molecule has 0 spiro atoms. The zero-order chi connectivity index (χ0) is 16.8. The van der Waals surface area contributed by atoms with Crippen molar-refractivity contribution >= 4 is 11.8 Å². The van der Waals surface area contributed by atoms with Crippen molar-refractivity contribution in [1.29, 1.82) is 0 Å². The number of hydrogen-bond acceptors (Lipinski definition) is 2. The van der Waals surface area contributed by atoms with Crippen LogP contribution in [0.3, 0.4) is 0 Å². The maximum atomic E-state index is 12.3. The average molecular weight is 310 g/mol. The molecule has 0 aromatic heterocycles. The van der Waals surface area contributed by atoms with Gasteiger partial charge in [-0.3, -0.25) is 4.79 Å². The van der Waals surface area contributed by atoms with Crippen molar-refractivity contribution in [3.8, 4) is 0 Å². The number of carbonyl (C=O) groups is 2. The van der Waals surface area contributed by atoms with Gasteiger partial charge in [0.1, 0.15) is 0 Å². The Morgan fingerprint density at radius 2 is 1.91 bits per heavy atom. The Balaban J connectivity index is 2.08. The van der Waals surface area contributed by atoms with Crippen LogP contribution in [-0.4, -0.2) is 16.9 Å². The highest BCUT2D eigenvalue weighted by atomic mass is 16.4. The van der Waals surface area contributed by atoms with Crippen LogP contribution >= 0.6 is 0 Å². The largest absolute Gasteiger partial charge is 0.478 e. The molecule has 1 aromatic rings. The second kappa shape index (κ2) is 7.73. The van der Waals surface area contributed by atoms with Crippen LogP contribution in [0.15, 0.2) is 59.7 Å². The number of aliphatic carboxylic acids is 1. The number of carboxylic acids is 1. The van der Waals surface area contributed by atoms with E-state index in [1.54, 1.807) is 18.2 Å². The third kappa shape index (κ3) is 5.06. The number of benzene rings is 1. The van der Waals surface area contributed by atoms with Gasteiger partial charge in [-0.05, 0) is 36.0 Å². The van der Waals surface area contributed by atoms with E-state index in [0.29, 0.717) is 11.5 Å². The summed E-state index contributed by atoms with van der Waals surface area (Å²) in [5, 5.41) is 9.30. The molecule has 0 bridgehead atoms. The minimum absolute atomic E-state index is 0.0871. The second-order valence-electron chi connectivity index (χ2n) is 6.24. The van der Waals surface area contributed by atoms with Gasteiger partial charge in [-0.25, -0.2) is 4.79 Å². The van der Waals surface area contributed by atoms with Crippen molar-refractivity contribution in [2.45, 2.75) is 33.1 Å². The summed E-state index contributed by atoms with van der Waals surface area (Å²) in [6, 6.07) is 7.47. The molecule has 1 N–H and O–H groups in total. The highest BCUT2D eigenvalue weighted by Crippen LogP contribution is 2.18. The Kier molecular flexibility index (Phi) is 5.69. The maximum absolute atomic E-state index is 12.3. The standard InChI is InChI=1S/C20H22O3/c1-14(2)11-16-7-9-17(10-8-16)19(21)13-18(20(22)23)12-15-5-3-4-6-15/h3-5,7-10,12,14H,6,11,13H2,1-2H3,(H,22,23). The number of allylic oxidation sites excluding steroid dienone is 5. The van der Waals surface area contributed by atoms with Crippen LogP contribution in [0.5, 0.6) is 0 Å². The van der Waals surface area contributed by atoms with Gasteiger partial charge >= 0.3 is 5.97 Å². The summed E-state index contributed by atoms with van der Waals surface area (Å²) in [5.74, 6) is -0.643. The number of Topliss-reactive ketones (excluding diaryl/α,β-unsaturated/α-hetero) is 1. The van der Waals surface area contributed by atoms with E-state index in [4.69, 9.17) is 0 Å². The molecular weight excluding hydrogens is 288 g/mol. The summed E-state index contributed by atoms with van der Waals surface area (Å²) in [5.41, 5.74) is 2.80. The van der Waals surface area contributed by atoms with Gasteiger partial charge in [0.25, 0.3) is 0 Å². The smallest absolute Gasteiger partial charge is 0.332 e. The molecule has 0 aliphatic heterocycles. The van der Waals surface area contributed by atoms with Crippen molar-refractivity contribution in [1.82, 2.24) is 0 Å². The lowest BCUT2D eigenvalue weighted by Crippen LogP contribution is -2.08. The lowest BCUT2D eigenvalue weighted by atomic mass is 9.97. The monoisotopic (exact) mass is 310 g/mol. The zero-order valence-corrected chi connectivity index (χ0v) is 13.6. The molecule has 0 radical (unpaired) electrons. The fourth-order valence-electron chi connectivity index (χ4n) is 2.56. The molecule has 1 aliphatic rings. The van der Waals surface area contributed by atoms with E-state index in [1.165, 1.54) is 5.56 Å². The van der Waals surface area contributed by atoms with E-state index >= 15 is 0 Å². The SMILES string of the molecule is CC(C)Cc1ccc(C(=O)CC(=CC2=CC=CC2)C(=O)O)cc1. The fourth-order valence-corrected chi connectivity index (χ4v) is 2.56. The molecule has 0 unspecified atom stereocenters. The molecule has 0 saturated heterocycles. The van der Waals surface area contributed by atoms with Crippen LogP contribution in [0.25, 0.3) is 0 Å². The van der Waals surface area contributed by atoms with Crippen molar-refractivity contribution in [2.75, 3.05) is 0 Å². The van der Waals surface area contributed by atoms with Crippen molar-refractivity contribution < 1.29 is 14.7 Å². The predicted molar refractivity (Wildman–Crippen MR) is 91.5 cm³/mol. The fraction of sp³-hybridized carbons (Fsp3) is 0.300. The Hall–Kier alpha value is -2.42. The Morgan fingerprint density at radius 1 is 1.22 bits per heavy atom. The molecule has 0 atom stereocenters. The van der Waals surface area contributed by atoms with Gasteiger partial charge in [0, 0.05) is 17.6 Å². The first kappa shape index (κ1) is 16.9. The minimum atomic E-state index is -1.04. The van der Waals surface area contributed by atoms with Crippen LogP contribution in [0.4, 0.5) is 0 Å². The quantitative estimate of drug-likeness (QED) is 0.601. The first-order valence-electron chi connectivity index (χ1n) is 7.87. The maximum Gasteiger partial charge on any atom is 0.332 e.